The van der Waals surface area contributed by atoms with Gasteiger partial charge >= 0.3 is 0 Å². The highest BCUT2D eigenvalue weighted by molar-refractivity contribution is 5.79. The Hall–Kier alpha value is -1.14. The Balaban J connectivity index is 1.66. The summed E-state index contributed by atoms with van der Waals surface area (Å²) in [6.45, 7) is 9.83. The molecule has 0 aromatic heterocycles. The molecule has 24 heavy (non-hydrogen) atoms. The van der Waals surface area contributed by atoms with Gasteiger partial charge in [-0.25, -0.2) is 0 Å². The summed E-state index contributed by atoms with van der Waals surface area (Å²) in [7, 11) is 0. The van der Waals surface area contributed by atoms with E-state index < -0.39 is 0 Å². The third-order valence-electron chi connectivity index (χ3n) is 5.28. The van der Waals surface area contributed by atoms with Gasteiger partial charge in [0.1, 0.15) is 0 Å². The van der Waals surface area contributed by atoms with Crippen molar-refractivity contribution < 1.29 is 14.3 Å². The number of amides is 2. The molecule has 6 nitrogen and oxygen atoms in total. The van der Waals surface area contributed by atoms with Gasteiger partial charge < -0.3 is 15.4 Å². The van der Waals surface area contributed by atoms with E-state index >= 15 is 0 Å². The molecule has 0 aliphatic carbocycles. The molecule has 0 spiro atoms. The van der Waals surface area contributed by atoms with Gasteiger partial charge in [0.05, 0.1) is 6.54 Å². The second kappa shape index (κ2) is 9.37. The fourth-order valence-electron chi connectivity index (χ4n) is 3.18. The summed E-state index contributed by atoms with van der Waals surface area (Å²) in [6, 6.07) is 0.466. The highest BCUT2D eigenvalue weighted by Crippen LogP contribution is 2.18. The molecular weight excluding hydrogens is 306 g/mol. The molecule has 1 unspecified atom stereocenters. The lowest BCUT2D eigenvalue weighted by atomic mass is 9.95. The minimum Gasteiger partial charge on any atom is -0.381 e. The van der Waals surface area contributed by atoms with Crippen molar-refractivity contribution in [3.05, 3.63) is 0 Å². The van der Waals surface area contributed by atoms with Gasteiger partial charge in [-0.2, -0.15) is 0 Å². The first kappa shape index (κ1) is 19.2. The first-order valence-corrected chi connectivity index (χ1v) is 9.35. The zero-order valence-corrected chi connectivity index (χ0v) is 15.3. The van der Waals surface area contributed by atoms with Gasteiger partial charge in [0.2, 0.25) is 11.8 Å². The highest BCUT2D eigenvalue weighted by atomic mass is 16.5. The Labute approximate surface area is 145 Å². The molecule has 2 amide bonds. The number of carbonyl (C=O) groups excluding carboxylic acids is 2. The second-order valence-electron chi connectivity index (χ2n) is 7.55. The maximum absolute atomic E-state index is 12.3. The molecule has 0 radical (unpaired) electrons. The van der Waals surface area contributed by atoms with E-state index in [4.69, 9.17) is 4.74 Å². The molecule has 138 valence electrons. The first-order chi connectivity index (χ1) is 11.5. The van der Waals surface area contributed by atoms with E-state index in [0.717, 1.165) is 52.0 Å². The smallest absolute Gasteiger partial charge is 0.234 e. The maximum atomic E-state index is 12.3. The summed E-state index contributed by atoms with van der Waals surface area (Å²) < 4.78 is 5.31. The summed E-state index contributed by atoms with van der Waals surface area (Å²) >= 11 is 0. The van der Waals surface area contributed by atoms with Gasteiger partial charge in [-0.15, -0.1) is 0 Å². The summed E-state index contributed by atoms with van der Waals surface area (Å²) in [5.41, 5.74) is 0. The number of carbonyl (C=O) groups is 2. The molecule has 2 N–H and O–H groups in total. The van der Waals surface area contributed by atoms with Crippen LogP contribution in [-0.4, -0.2) is 61.6 Å². The van der Waals surface area contributed by atoms with Crippen LogP contribution in [0.15, 0.2) is 0 Å². The Morgan fingerprint density at radius 1 is 1.08 bits per heavy atom. The van der Waals surface area contributed by atoms with Crippen LogP contribution in [0.2, 0.25) is 0 Å². The van der Waals surface area contributed by atoms with Crippen LogP contribution in [0, 0.1) is 11.8 Å². The van der Waals surface area contributed by atoms with E-state index in [1.54, 1.807) is 0 Å². The predicted octanol–water partition coefficient (Wildman–Crippen LogP) is 1.15. The number of piperidine rings is 1. The molecule has 2 aliphatic heterocycles. The van der Waals surface area contributed by atoms with Gasteiger partial charge in [-0.05, 0) is 51.6 Å². The number of rotatable bonds is 6. The molecule has 6 heteroatoms. The molecule has 0 aromatic carbocycles. The van der Waals surface area contributed by atoms with Crippen molar-refractivity contribution in [3.63, 3.8) is 0 Å². The molecule has 0 saturated carbocycles. The number of ether oxygens (including phenoxy) is 1. The van der Waals surface area contributed by atoms with Crippen LogP contribution < -0.4 is 10.6 Å². The lowest BCUT2D eigenvalue weighted by molar-refractivity contribution is -0.127. The SMILES string of the molecule is CC(C)C(C)NC(=O)C1CCN(CC(=O)NC2CCOCC2)CC1. The van der Waals surface area contributed by atoms with Gasteiger partial charge in [-0.1, -0.05) is 13.8 Å². The van der Waals surface area contributed by atoms with Crippen molar-refractivity contribution in [1.82, 2.24) is 15.5 Å². The zero-order chi connectivity index (χ0) is 17.5. The number of hydrogen-bond acceptors (Lipinski definition) is 4. The van der Waals surface area contributed by atoms with Crippen LogP contribution in [0.3, 0.4) is 0 Å². The quantitative estimate of drug-likeness (QED) is 0.762. The highest BCUT2D eigenvalue weighted by Gasteiger charge is 2.27. The fourth-order valence-corrected chi connectivity index (χ4v) is 3.18. The number of hydrogen-bond donors (Lipinski definition) is 2. The van der Waals surface area contributed by atoms with Gasteiger partial charge in [-0.3, -0.25) is 14.5 Å². The minimum atomic E-state index is 0.0843. The van der Waals surface area contributed by atoms with Crippen molar-refractivity contribution in [1.29, 1.82) is 0 Å². The van der Waals surface area contributed by atoms with E-state index in [-0.39, 0.29) is 29.8 Å². The lowest BCUT2D eigenvalue weighted by Gasteiger charge is -2.32. The molecule has 0 aromatic rings. The second-order valence-corrected chi connectivity index (χ2v) is 7.55. The van der Waals surface area contributed by atoms with Crippen LogP contribution in [-0.2, 0) is 14.3 Å². The predicted molar refractivity (Wildman–Crippen MR) is 93.6 cm³/mol. The number of nitrogens with one attached hydrogen (secondary N) is 2. The Morgan fingerprint density at radius 3 is 2.29 bits per heavy atom. The molecule has 2 fully saturated rings. The Bertz CT molecular complexity index is 414. The largest absolute Gasteiger partial charge is 0.381 e. The lowest BCUT2D eigenvalue weighted by Crippen LogP contribution is -2.48. The van der Waals surface area contributed by atoms with E-state index in [2.05, 4.69) is 36.3 Å². The van der Waals surface area contributed by atoms with E-state index in [1.165, 1.54) is 0 Å². The van der Waals surface area contributed by atoms with Gasteiger partial charge in [0.15, 0.2) is 0 Å². The van der Waals surface area contributed by atoms with Gasteiger partial charge in [0, 0.05) is 31.2 Å². The Kier molecular flexibility index (Phi) is 7.49. The van der Waals surface area contributed by atoms with Crippen molar-refractivity contribution in [2.45, 2.75) is 58.5 Å². The van der Waals surface area contributed by atoms with Crippen LogP contribution in [0.4, 0.5) is 0 Å². The van der Waals surface area contributed by atoms with Crippen LogP contribution in [0.5, 0.6) is 0 Å². The molecule has 2 heterocycles. The van der Waals surface area contributed by atoms with Gasteiger partial charge in [0.25, 0.3) is 0 Å². The summed E-state index contributed by atoms with van der Waals surface area (Å²) in [6.07, 6.45) is 3.48. The average Bonchev–Trinajstić information content (AvgIpc) is 2.56. The standard InChI is InChI=1S/C18H33N3O3/c1-13(2)14(3)19-18(23)15-4-8-21(9-5-15)12-17(22)20-16-6-10-24-11-7-16/h13-16H,4-12H2,1-3H3,(H,19,23)(H,20,22). The number of likely N-dealkylation sites (tertiary alicyclic amines) is 1. The maximum Gasteiger partial charge on any atom is 0.234 e. The van der Waals surface area contributed by atoms with Crippen molar-refractivity contribution >= 4 is 11.8 Å². The number of nitrogens with zero attached hydrogens (tertiary/aromatic N) is 1. The Morgan fingerprint density at radius 2 is 1.71 bits per heavy atom. The summed E-state index contributed by atoms with van der Waals surface area (Å²) in [4.78, 5) is 26.6. The minimum absolute atomic E-state index is 0.0843. The first-order valence-electron chi connectivity index (χ1n) is 9.35. The summed E-state index contributed by atoms with van der Waals surface area (Å²) in [5.74, 6) is 0.796. The van der Waals surface area contributed by atoms with Crippen molar-refractivity contribution in [2.24, 2.45) is 11.8 Å². The summed E-state index contributed by atoms with van der Waals surface area (Å²) in [5, 5.41) is 6.21. The molecular formula is C18H33N3O3. The van der Waals surface area contributed by atoms with Crippen molar-refractivity contribution in [2.75, 3.05) is 32.8 Å². The molecule has 2 aliphatic rings. The topological polar surface area (TPSA) is 70.7 Å². The van der Waals surface area contributed by atoms with Crippen LogP contribution >= 0.6 is 0 Å². The van der Waals surface area contributed by atoms with E-state index in [9.17, 15) is 9.59 Å². The van der Waals surface area contributed by atoms with Crippen molar-refractivity contribution in [3.8, 4) is 0 Å². The zero-order valence-electron chi connectivity index (χ0n) is 15.3. The third-order valence-corrected chi connectivity index (χ3v) is 5.28. The van der Waals surface area contributed by atoms with Crippen LogP contribution in [0.25, 0.3) is 0 Å². The molecule has 2 rings (SSSR count). The molecule has 2 saturated heterocycles. The van der Waals surface area contributed by atoms with Crippen LogP contribution in [0.1, 0.15) is 46.5 Å². The van der Waals surface area contributed by atoms with E-state index in [1.807, 2.05) is 0 Å². The molecule has 0 bridgehead atoms. The normalized spacial score (nSPS) is 22.3. The molecule has 1 atom stereocenters. The third kappa shape index (κ3) is 6.06. The fraction of sp³-hybridized carbons (Fsp3) is 0.889. The monoisotopic (exact) mass is 339 g/mol. The van der Waals surface area contributed by atoms with E-state index in [0.29, 0.717) is 12.5 Å². The average molecular weight is 339 g/mol.